The van der Waals surface area contributed by atoms with Crippen molar-refractivity contribution in [2.75, 3.05) is 13.2 Å². The van der Waals surface area contributed by atoms with E-state index in [0.29, 0.717) is 12.0 Å². The highest BCUT2D eigenvalue weighted by Gasteiger charge is 2.37. The van der Waals surface area contributed by atoms with Gasteiger partial charge in [-0.1, -0.05) is 58.0 Å². The van der Waals surface area contributed by atoms with Crippen molar-refractivity contribution in [3.8, 4) is 0 Å². The molecule has 0 aliphatic carbocycles. The van der Waals surface area contributed by atoms with Crippen LogP contribution in [0, 0.1) is 11.8 Å². The number of carbonyl (C=O) groups is 12. The third kappa shape index (κ3) is 25.8. The second-order valence-electron chi connectivity index (χ2n) is 19.9. The van der Waals surface area contributed by atoms with Gasteiger partial charge in [-0.15, -0.1) is 0 Å². The number of primary amides is 1. The molecule has 1 aromatic carbocycles. The van der Waals surface area contributed by atoms with E-state index in [4.69, 9.17) is 17.2 Å². The standard InChI is InChI=1S/C50H82N12O17/c1-24(2)21-33(57-47(75)38(25(3)4)60-42(70)30(52)16-18-36(53)66)45(73)59-35(23-63)46(74)61-40(28(7)65)49(77)62-39(27(6)64)48(76)54-26(5)41(69)55-31(15-11-12-20-51)43(71)56-32(17-19-37(67)68)44(72)58-34(50(78)79)22-29-13-9-8-10-14-29/h8-10,13-14,24-28,30-35,38-40,63-65H,11-12,15-23,51-52H2,1-7H3,(H2,53,66)(H,54,76)(H,55,69)(H,56,71)(H,57,75)(H,58,72)(H,59,73)(H,60,70)(H,61,74)(H,62,77)(H,67,68)(H,78,79)/t26-,27+,28+,30-,31-,32-,33-,34-,35-,38-,39-,40-/m0/s1. The Morgan fingerprint density at radius 2 is 0.962 bits per heavy atom. The number of carboxylic acid groups (broad SMARTS) is 2. The molecule has 29 heteroatoms. The first kappa shape index (κ1) is 69.7. The molecule has 12 atom stereocenters. The predicted molar refractivity (Wildman–Crippen MR) is 282 cm³/mol. The lowest BCUT2D eigenvalue weighted by Gasteiger charge is -2.29. The molecule has 0 heterocycles. The summed E-state index contributed by atoms with van der Waals surface area (Å²) in [5.41, 5.74) is 17.2. The number of aliphatic hydroxyl groups excluding tert-OH is 3. The molecule has 10 amide bonds. The lowest BCUT2D eigenvalue weighted by atomic mass is 9.99. The Bertz CT molecular complexity index is 2240. The molecule has 444 valence electrons. The fourth-order valence-electron chi connectivity index (χ4n) is 7.52. The number of benzene rings is 1. The molecule has 0 saturated carbocycles. The Balaban J connectivity index is 3.22. The van der Waals surface area contributed by atoms with Crippen molar-refractivity contribution >= 4 is 71.0 Å². The molecule has 29 nitrogen and oxygen atoms in total. The van der Waals surface area contributed by atoms with Crippen LogP contribution in [0.25, 0.3) is 0 Å². The van der Waals surface area contributed by atoms with E-state index in [1.165, 1.54) is 6.92 Å². The van der Waals surface area contributed by atoms with Crippen LogP contribution in [0.15, 0.2) is 30.3 Å². The quantitative estimate of drug-likeness (QED) is 0.0277. The number of nitrogens with two attached hydrogens (primary N) is 3. The number of hydrogen-bond donors (Lipinski definition) is 17. The van der Waals surface area contributed by atoms with E-state index in [0.717, 1.165) is 13.8 Å². The molecule has 0 fully saturated rings. The summed E-state index contributed by atoms with van der Waals surface area (Å²) in [6.07, 6.45) is -4.44. The molecule has 0 saturated heterocycles. The smallest absolute Gasteiger partial charge is 0.326 e. The lowest BCUT2D eigenvalue weighted by Crippen LogP contribution is -2.63. The Hall–Kier alpha value is -7.34. The largest absolute Gasteiger partial charge is 0.481 e. The summed E-state index contributed by atoms with van der Waals surface area (Å²) < 4.78 is 0. The molecule has 0 aliphatic heterocycles. The van der Waals surface area contributed by atoms with Crippen molar-refractivity contribution in [1.29, 1.82) is 0 Å². The van der Waals surface area contributed by atoms with Crippen LogP contribution in [-0.2, 0) is 64.0 Å². The number of aliphatic carboxylic acids is 2. The van der Waals surface area contributed by atoms with Gasteiger partial charge >= 0.3 is 11.9 Å². The van der Waals surface area contributed by atoms with Crippen molar-refractivity contribution in [3.63, 3.8) is 0 Å². The number of unbranched alkanes of at least 4 members (excludes halogenated alkanes) is 1. The van der Waals surface area contributed by atoms with E-state index in [1.807, 2.05) is 0 Å². The van der Waals surface area contributed by atoms with Crippen LogP contribution in [0.3, 0.4) is 0 Å². The van der Waals surface area contributed by atoms with Crippen LogP contribution in [0.5, 0.6) is 0 Å². The number of aliphatic hydroxyl groups is 3. The van der Waals surface area contributed by atoms with Gasteiger partial charge in [0, 0.05) is 19.3 Å². The molecule has 0 radical (unpaired) electrons. The highest BCUT2D eigenvalue weighted by molar-refractivity contribution is 5.99. The summed E-state index contributed by atoms with van der Waals surface area (Å²) in [5, 5.41) is 71.8. The minimum absolute atomic E-state index is 0.00842. The van der Waals surface area contributed by atoms with E-state index < -0.39 is 169 Å². The Labute approximate surface area is 457 Å². The predicted octanol–water partition coefficient (Wildman–Crippen LogP) is -5.26. The van der Waals surface area contributed by atoms with Crippen molar-refractivity contribution in [3.05, 3.63) is 35.9 Å². The zero-order chi connectivity index (χ0) is 60.3. The monoisotopic (exact) mass is 1120 g/mol. The second kappa shape index (κ2) is 35.2. The van der Waals surface area contributed by atoms with E-state index in [9.17, 15) is 83.1 Å². The van der Waals surface area contributed by atoms with Crippen LogP contribution in [-0.4, -0.2) is 182 Å². The fourth-order valence-corrected chi connectivity index (χ4v) is 7.52. The normalized spacial score (nSPS) is 15.8. The number of nitrogens with one attached hydrogen (secondary N) is 9. The van der Waals surface area contributed by atoms with Gasteiger partial charge in [0.1, 0.15) is 54.4 Å². The number of carbonyl (C=O) groups excluding carboxylic acids is 10. The fraction of sp³-hybridized carbons (Fsp3) is 0.640. The number of carboxylic acids is 2. The highest BCUT2D eigenvalue weighted by atomic mass is 16.4. The average molecular weight is 1120 g/mol. The van der Waals surface area contributed by atoms with Gasteiger partial charge < -0.3 is 90.6 Å². The maximum atomic E-state index is 13.7. The van der Waals surface area contributed by atoms with Crippen LogP contribution in [0.2, 0.25) is 0 Å². The SMILES string of the molecule is CC(C)C[C@H](NC(=O)[C@@H](NC(=O)[C@@H](N)CCC(N)=O)C(C)C)C(=O)N[C@@H](CO)C(=O)N[C@H](C(=O)N[C@H](C(=O)N[C@@H](C)C(=O)N[C@@H](CCCCN)C(=O)N[C@@H](CCC(=O)O)C(=O)N[C@@H](Cc1ccccc1)C(=O)O)[C@@H](C)O)[C@@H](C)O. The van der Waals surface area contributed by atoms with Gasteiger partial charge in [-0.3, -0.25) is 52.7 Å². The molecule has 0 aliphatic rings. The molecule has 0 unspecified atom stereocenters. The van der Waals surface area contributed by atoms with Gasteiger partial charge in [-0.25, -0.2) is 4.79 Å². The second-order valence-corrected chi connectivity index (χ2v) is 19.9. The van der Waals surface area contributed by atoms with Gasteiger partial charge in [-0.05, 0) is 83.2 Å². The first-order valence-corrected chi connectivity index (χ1v) is 25.9. The first-order valence-electron chi connectivity index (χ1n) is 25.9. The Morgan fingerprint density at radius 1 is 0.506 bits per heavy atom. The number of amides is 10. The molecule has 1 aromatic rings. The van der Waals surface area contributed by atoms with Gasteiger partial charge in [0.25, 0.3) is 0 Å². The van der Waals surface area contributed by atoms with Crippen molar-refractivity contribution in [2.24, 2.45) is 29.0 Å². The van der Waals surface area contributed by atoms with Crippen molar-refractivity contribution in [2.45, 2.75) is 179 Å². The molecule has 0 aromatic heterocycles. The summed E-state index contributed by atoms with van der Waals surface area (Å²) in [5.74, 6) is -13.4. The average Bonchev–Trinajstić information content (AvgIpc) is 3.36. The summed E-state index contributed by atoms with van der Waals surface area (Å²) in [6.45, 7) is 9.11. The molecular weight excluding hydrogens is 1040 g/mol. The van der Waals surface area contributed by atoms with Crippen LogP contribution in [0.4, 0.5) is 0 Å². The van der Waals surface area contributed by atoms with Crippen LogP contribution >= 0.6 is 0 Å². The molecule has 20 N–H and O–H groups in total. The minimum atomic E-state index is -1.92. The third-order valence-electron chi connectivity index (χ3n) is 12.1. The Kier molecular flexibility index (Phi) is 31.1. The van der Waals surface area contributed by atoms with E-state index in [-0.39, 0.29) is 51.0 Å². The van der Waals surface area contributed by atoms with Gasteiger partial charge in [-0.2, -0.15) is 0 Å². The van der Waals surface area contributed by atoms with E-state index in [1.54, 1.807) is 58.0 Å². The van der Waals surface area contributed by atoms with Gasteiger partial charge in [0.2, 0.25) is 59.1 Å². The molecule has 1 rings (SSSR count). The first-order chi connectivity index (χ1) is 36.9. The maximum absolute atomic E-state index is 13.7. The molecular formula is C50H82N12O17. The third-order valence-corrected chi connectivity index (χ3v) is 12.1. The summed E-state index contributed by atoms with van der Waals surface area (Å²) in [4.78, 5) is 156. The van der Waals surface area contributed by atoms with Gasteiger partial charge in [0.15, 0.2) is 0 Å². The van der Waals surface area contributed by atoms with Gasteiger partial charge in [0.05, 0.1) is 24.9 Å². The van der Waals surface area contributed by atoms with Crippen LogP contribution in [0.1, 0.15) is 105 Å². The Morgan fingerprint density at radius 3 is 1.46 bits per heavy atom. The van der Waals surface area contributed by atoms with Crippen LogP contribution < -0.4 is 65.1 Å². The molecule has 79 heavy (non-hydrogen) atoms. The number of rotatable bonds is 37. The molecule has 0 spiro atoms. The summed E-state index contributed by atoms with van der Waals surface area (Å²) >= 11 is 0. The van der Waals surface area contributed by atoms with Crippen molar-refractivity contribution in [1.82, 2.24) is 47.9 Å². The van der Waals surface area contributed by atoms with Crippen molar-refractivity contribution < 1.29 is 83.1 Å². The maximum Gasteiger partial charge on any atom is 0.326 e. The topological polar surface area (TPSA) is 492 Å². The molecule has 0 bridgehead atoms. The van der Waals surface area contributed by atoms with E-state index in [2.05, 4.69) is 47.9 Å². The zero-order valence-electron chi connectivity index (χ0n) is 45.6. The van der Waals surface area contributed by atoms with E-state index >= 15 is 0 Å². The zero-order valence-corrected chi connectivity index (χ0v) is 45.6. The summed E-state index contributed by atoms with van der Waals surface area (Å²) in [6, 6.07) is -7.10. The minimum Gasteiger partial charge on any atom is -0.481 e. The lowest BCUT2D eigenvalue weighted by molar-refractivity contribution is -0.143. The highest BCUT2D eigenvalue weighted by Crippen LogP contribution is 2.12. The summed E-state index contributed by atoms with van der Waals surface area (Å²) in [7, 11) is 0. The number of hydrogen-bond acceptors (Lipinski definition) is 17.